The molecule has 1 spiro atoms. The number of rotatable bonds is 6. The minimum atomic E-state index is -1.26. The van der Waals surface area contributed by atoms with Crippen LogP contribution in [0.2, 0.25) is 0 Å². The maximum atomic E-state index is 13.3. The van der Waals surface area contributed by atoms with E-state index in [9.17, 15) is 20.1 Å². The number of amides is 1. The predicted molar refractivity (Wildman–Crippen MR) is 193 cm³/mol. The zero-order valence-electron chi connectivity index (χ0n) is 32.5. The van der Waals surface area contributed by atoms with Crippen molar-refractivity contribution in [1.82, 2.24) is 4.90 Å². The van der Waals surface area contributed by atoms with E-state index in [-0.39, 0.29) is 57.9 Å². The van der Waals surface area contributed by atoms with E-state index in [0.29, 0.717) is 50.3 Å². The third-order valence-corrected chi connectivity index (χ3v) is 16.8. The van der Waals surface area contributed by atoms with Crippen molar-refractivity contribution in [2.24, 2.45) is 51.2 Å². The molecule has 7 rings (SSSR count). The quantitative estimate of drug-likeness (QED) is 0.278. The van der Waals surface area contributed by atoms with Gasteiger partial charge in [0.25, 0.3) is 0 Å². The Morgan fingerprint density at radius 3 is 2.46 bits per heavy atom. The van der Waals surface area contributed by atoms with Crippen LogP contribution in [0.25, 0.3) is 0 Å². The zero-order chi connectivity index (χ0) is 35.9. The molecule has 0 radical (unpaired) electrons. The van der Waals surface area contributed by atoms with Crippen molar-refractivity contribution >= 4 is 5.91 Å². The smallest absolute Gasteiger partial charge is 0.223 e. The largest absolute Gasteiger partial charge is 0.390 e. The van der Waals surface area contributed by atoms with Crippen LogP contribution < -0.4 is 0 Å². The molecule has 7 fully saturated rings. The second-order valence-electron chi connectivity index (χ2n) is 20.2. The molecule has 2 aliphatic heterocycles. The Morgan fingerprint density at radius 1 is 1.00 bits per heavy atom. The Hall–Kier alpha value is -0.770. The summed E-state index contributed by atoms with van der Waals surface area (Å²) >= 11 is 0. The molecule has 0 aromatic heterocycles. The van der Waals surface area contributed by atoms with Crippen LogP contribution in [0.3, 0.4) is 0 Å². The van der Waals surface area contributed by atoms with Crippen LogP contribution in [0.4, 0.5) is 0 Å². The van der Waals surface area contributed by atoms with Crippen LogP contribution in [-0.4, -0.2) is 88.2 Å². The highest BCUT2D eigenvalue weighted by atomic mass is 16.7. The van der Waals surface area contributed by atoms with Crippen LogP contribution in [0.15, 0.2) is 0 Å². The summed E-state index contributed by atoms with van der Waals surface area (Å²) in [6.45, 7) is 17.1. The van der Waals surface area contributed by atoms with Crippen LogP contribution >= 0.6 is 0 Å². The summed E-state index contributed by atoms with van der Waals surface area (Å²) in [4.78, 5) is 15.3. The number of hydrogen-bond acceptors (Lipinski definition) is 7. The number of carbonyl (C=O) groups excluding carboxylic acids is 1. The van der Waals surface area contributed by atoms with Gasteiger partial charge in [0.1, 0.15) is 6.10 Å². The van der Waals surface area contributed by atoms with Crippen LogP contribution in [0, 0.1) is 51.2 Å². The molecule has 286 valence electrons. The molecule has 13 unspecified atom stereocenters. The van der Waals surface area contributed by atoms with Gasteiger partial charge < -0.3 is 34.4 Å². The van der Waals surface area contributed by atoms with E-state index >= 15 is 0 Å². The number of carbonyl (C=O) groups is 1. The Labute approximate surface area is 302 Å². The maximum Gasteiger partial charge on any atom is 0.223 e. The van der Waals surface area contributed by atoms with E-state index < -0.39 is 23.9 Å². The molecule has 7 aliphatic rings. The van der Waals surface area contributed by atoms with E-state index in [1.54, 1.807) is 13.8 Å². The lowest BCUT2D eigenvalue weighted by Crippen LogP contribution is -2.60. The highest BCUT2D eigenvalue weighted by molar-refractivity contribution is 5.76. The molecule has 5 aliphatic carbocycles. The van der Waals surface area contributed by atoms with E-state index in [0.717, 1.165) is 44.9 Å². The van der Waals surface area contributed by atoms with Gasteiger partial charge in [0.2, 0.25) is 5.91 Å². The summed E-state index contributed by atoms with van der Waals surface area (Å²) in [5.41, 5.74) is -1.40. The van der Waals surface area contributed by atoms with Crippen molar-refractivity contribution < 1.29 is 34.3 Å². The molecule has 5 saturated carbocycles. The Morgan fingerprint density at radius 2 is 1.74 bits per heavy atom. The highest BCUT2D eigenvalue weighted by Crippen LogP contribution is 2.73. The van der Waals surface area contributed by atoms with Gasteiger partial charge in [-0.2, -0.15) is 0 Å². The third-order valence-electron chi connectivity index (χ3n) is 16.8. The van der Waals surface area contributed by atoms with Gasteiger partial charge in [0.05, 0.1) is 43.2 Å². The molecular formula is C42H71NO7. The van der Waals surface area contributed by atoms with E-state index in [1.807, 2.05) is 4.90 Å². The first-order chi connectivity index (χ1) is 23.5. The molecular weight excluding hydrogens is 630 g/mol. The minimum Gasteiger partial charge on any atom is -0.390 e. The Bertz CT molecular complexity index is 1230. The predicted octanol–water partition coefficient (Wildman–Crippen LogP) is 6.86. The minimum absolute atomic E-state index is 0.0231. The summed E-state index contributed by atoms with van der Waals surface area (Å²) in [6, 6.07) is 0. The summed E-state index contributed by atoms with van der Waals surface area (Å²) in [6.07, 6.45) is 13.9. The van der Waals surface area contributed by atoms with Gasteiger partial charge in [-0.05, 0) is 124 Å². The van der Waals surface area contributed by atoms with Crippen molar-refractivity contribution in [3.05, 3.63) is 0 Å². The van der Waals surface area contributed by atoms with Crippen molar-refractivity contribution in [1.29, 1.82) is 0 Å². The summed E-state index contributed by atoms with van der Waals surface area (Å²) < 4.78 is 19.8. The fourth-order valence-electron chi connectivity index (χ4n) is 14.0. The molecule has 13 atom stereocenters. The monoisotopic (exact) mass is 702 g/mol. The lowest BCUT2D eigenvalue weighted by Gasteiger charge is -2.64. The summed E-state index contributed by atoms with van der Waals surface area (Å²) in [5.74, 6) is 2.27. The number of aliphatic hydroxyl groups is 3. The molecule has 8 heteroatoms. The van der Waals surface area contributed by atoms with E-state index in [2.05, 4.69) is 34.6 Å². The fraction of sp³-hybridized carbons (Fsp3) is 0.976. The van der Waals surface area contributed by atoms with Gasteiger partial charge in [-0.1, -0.05) is 60.3 Å². The summed E-state index contributed by atoms with van der Waals surface area (Å²) in [7, 11) is 0. The van der Waals surface area contributed by atoms with Crippen molar-refractivity contribution in [3.8, 4) is 0 Å². The average molecular weight is 702 g/mol. The molecule has 0 aromatic rings. The molecule has 1 amide bonds. The van der Waals surface area contributed by atoms with Gasteiger partial charge in [-0.3, -0.25) is 4.79 Å². The second-order valence-corrected chi connectivity index (χ2v) is 20.2. The second kappa shape index (κ2) is 13.5. The highest BCUT2D eigenvalue weighted by Gasteiger charge is 2.72. The SMILES string of the molecule is CC1CC(C(O)C(C)(C)O)OC2C1C1(C)CCCC34CCC(OC5CN(C(=O)CC6CCCCC6)CCO5)C(C)(C)C3CCC(C4)C1(C)C2O. The number of fused-ring (bicyclic) bond motifs is 5. The zero-order valence-corrected chi connectivity index (χ0v) is 32.5. The Kier molecular flexibility index (Phi) is 10.1. The number of morpholine rings is 1. The molecule has 2 heterocycles. The lowest BCUT2D eigenvalue weighted by molar-refractivity contribution is -0.253. The van der Waals surface area contributed by atoms with Crippen molar-refractivity contribution in [2.75, 3.05) is 19.7 Å². The number of ether oxygens (including phenoxy) is 3. The van der Waals surface area contributed by atoms with E-state index in [1.165, 1.54) is 38.5 Å². The molecule has 8 nitrogen and oxygen atoms in total. The van der Waals surface area contributed by atoms with Gasteiger partial charge in [0.15, 0.2) is 6.29 Å². The first kappa shape index (κ1) is 37.5. The van der Waals surface area contributed by atoms with Gasteiger partial charge in [0, 0.05) is 18.4 Å². The standard InChI is InChI=1S/C42H71NO7/c1-26-22-29(36(45)39(4,5)47)49-35-34(26)40(6)17-11-18-42-19-16-31(38(2,3)30(42)15-14-28(24-42)41(40,7)37(35)46)50-33-25-43(20-21-48-33)32(44)23-27-12-9-8-10-13-27/h26-31,33-37,45-47H,8-25H2,1-7H3. The average Bonchev–Trinajstić information content (AvgIpc) is 3.24. The van der Waals surface area contributed by atoms with E-state index in [4.69, 9.17) is 14.2 Å². The molecule has 3 N–H and O–H groups in total. The maximum absolute atomic E-state index is 13.3. The van der Waals surface area contributed by atoms with Gasteiger partial charge in [-0.25, -0.2) is 0 Å². The first-order valence-corrected chi connectivity index (χ1v) is 20.8. The fourth-order valence-corrected chi connectivity index (χ4v) is 14.0. The number of aliphatic hydroxyl groups excluding tert-OH is 2. The van der Waals surface area contributed by atoms with Crippen LogP contribution in [-0.2, 0) is 19.0 Å². The van der Waals surface area contributed by atoms with Crippen LogP contribution in [0.1, 0.15) is 145 Å². The topological polar surface area (TPSA) is 109 Å². The van der Waals surface area contributed by atoms with Gasteiger partial charge >= 0.3 is 0 Å². The third kappa shape index (κ3) is 6.14. The van der Waals surface area contributed by atoms with Crippen molar-refractivity contribution in [2.45, 2.75) is 187 Å². The molecule has 2 saturated heterocycles. The molecule has 2 bridgehead atoms. The normalized spacial score (nSPS) is 47.3. The number of hydrogen-bond donors (Lipinski definition) is 3. The Balaban J connectivity index is 1.05. The summed E-state index contributed by atoms with van der Waals surface area (Å²) in [5, 5.41) is 34.2. The lowest BCUT2D eigenvalue weighted by atomic mass is 9.41. The first-order valence-electron chi connectivity index (χ1n) is 20.8. The molecule has 0 aromatic carbocycles. The van der Waals surface area contributed by atoms with Crippen molar-refractivity contribution in [3.63, 3.8) is 0 Å². The van der Waals surface area contributed by atoms with Gasteiger partial charge in [-0.15, -0.1) is 0 Å². The number of nitrogens with zero attached hydrogens (tertiary/aromatic N) is 1. The van der Waals surface area contributed by atoms with Crippen LogP contribution in [0.5, 0.6) is 0 Å². The molecule has 50 heavy (non-hydrogen) atoms.